The van der Waals surface area contributed by atoms with Crippen LogP contribution in [0.1, 0.15) is 24.8 Å². The van der Waals surface area contributed by atoms with Crippen LogP contribution in [0.3, 0.4) is 0 Å². The number of aromatic nitrogens is 1. The van der Waals surface area contributed by atoms with E-state index in [-0.39, 0.29) is 24.0 Å². The SMILES string of the molecule is C[N+](C)(C)CCCCCc1c[nH]c2ccccc12.[I-]. The van der Waals surface area contributed by atoms with Gasteiger partial charge in [0.25, 0.3) is 0 Å². The molecule has 1 N–H and O–H groups in total. The Hall–Kier alpha value is -0.550. The van der Waals surface area contributed by atoms with Crippen molar-refractivity contribution in [1.29, 1.82) is 0 Å². The third kappa shape index (κ3) is 5.15. The first kappa shape index (κ1) is 16.5. The molecule has 0 amide bonds. The van der Waals surface area contributed by atoms with Crippen molar-refractivity contribution in [2.75, 3.05) is 27.7 Å². The second kappa shape index (κ2) is 7.29. The first-order valence-corrected chi connectivity index (χ1v) is 6.92. The Balaban J connectivity index is 0.00000180. The van der Waals surface area contributed by atoms with Gasteiger partial charge in [-0.05, 0) is 37.3 Å². The first-order chi connectivity index (χ1) is 8.56. The largest absolute Gasteiger partial charge is 1.00 e. The predicted molar refractivity (Wildman–Crippen MR) is 78.8 cm³/mol. The normalized spacial score (nSPS) is 11.5. The third-order valence-electron chi connectivity index (χ3n) is 3.45. The molecule has 0 bridgehead atoms. The Labute approximate surface area is 133 Å². The second-order valence-corrected chi connectivity index (χ2v) is 6.18. The van der Waals surface area contributed by atoms with E-state index in [4.69, 9.17) is 0 Å². The third-order valence-corrected chi connectivity index (χ3v) is 3.45. The van der Waals surface area contributed by atoms with Crippen molar-refractivity contribution in [2.45, 2.75) is 25.7 Å². The molecule has 0 fully saturated rings. The van der Waals surface area contributed by atoms with Crippen LogP contribution < -0.4 is 24.0 Å². The summed E-state index contributed by atoms with van der Waals surface area (Å²) in [7, 11) is 6.79. The highest BCUT2D eigenvalue weighted by molar-refractivity contribution is 5.82. The number of aromatic amines is 1. The van der Waals surface area contributed by atoms with Gasteiger partial charge in [0.15, 0.2) is 0 Å². The van der Waals surface area contributed by atoms with Gasteiger partial charge in [-0.3, -0.25) is 0 Å². The maximum absolute atomic E-state index is 3.35. The quantitative estimate of drug-likeness (QED) is 0.434. The Morgan fingerprint density at radius 2 is 1.74 bits per heavy atom. The summed E-state index contributed by atoms with van der Waals surface area (Å²) in [5.41, 5.74) is 2.73. The average molecular weight is 372 g/mol. The lowest BCUT2D eigenvalue weighted by molar-refractivity contribution is -0.870. The molecular weight excluding hydrogens is 347 g/mol. The van der Waals surface area contributed by atoms with Crippen LogP contribution in [0.4, 0.5) is 0 Å². The molecule has 3 heteroatoms. The highest BCUT2D eigenvalue weighted by atomic mass is 127. The number of nitrogens with one attached hydrogen (secondary N) is 1. The van der Waals surface area contributed by atoms with E-state index >= 15 is 0 Å². The topological polar surface area (TPSA) is 15.8 Å². The Kier molecular flexibility index (Phi) is 6.33. The van der Waals surface area contributed by atoms with E-state index in [0.717, 1.165) is 4.48 Å². The molecule has 0 unspecified atom stereocenters. The molecule has 1 aromatic heterocycles. The van der Waals surface area contributed by atoms with Gasteiger partial charge in [-0.1, -0.05) is 18.2 Å². The molecule has 106 valence electrons. The number of fused-ring (bicyclic) bond motifs is 1. The van der Waals surface area contributed by atoms with Gasteiger partial charge < -0.3 is 33.4 Å². The number of H-pyrrole nitrogens is 1. The zero-order valence-electron chi connectivity index (χ0n) is 12.2. The summed E-state index contributed by atoms with van der Waals surface area (Å²) in [6.45, 7) is 1.27. The summed E-state index contributed by atoms with van der Waals surface area (Å²) in [6.07, 6.45) is 7.31. The average Bonchev–Trinajstić information content (AvgIpc) is 2.71. The van der Waals surface area contributed by atoms with Crippen molar-refractivity contribution in [3.63, 3.8) is 0 Å². The molecule has 1 heterocycles. The molecule has 2 rings (SSSR count). The van der Waals surface area contributed by atoms with Gasteiger partial charge in [0.1, 0.15) is 0 Å². The van der Waals surface area contributed by atoms with Crippen molar-refractivity contribution in [3.8, 4) is 0 Å². The van der Waals surface area contributed by atoms with Crippen molar-refractivity contribution in [1.82, 2.24) is 4.98 Å². The van der Waals surface area contributed by atoms with Crippen LogP contribution in [-0.2, 0) is 6.42 Å². The van der Waals surface area contributed by atoms with Crippen LogP contribution in [0.2, 0.25) is 0 Å². The minimum atomic E-state index is 0. The number of hydrogen-bond donors (Lipinski definition) is 1. The lowest BCUT2D eigenvalue weighted by Gasteiger charge is -2.23. The van der Waals surface area contributed by atoms with Crippen LogP contribution >= 0.6 is 0 Å². The van der Waals surface area contributed by atoms with E-state index < -0.39 is 0 Å². The molecule has 0 radical (unpaired) electrons. The molecule has 0 aliphatic heterocycles. The van der Waals surface area contributed by atoms with E-state index in [1.54, 1.807) is 0 Å². The molecule has 1 aromatic carbocycles. The highest BCUT2D eigenvalue weighted by Gasteiger charge is 2.06. The molecule has 0 aliphatic rings. The van der Waals surface area contributed by atoms with E-state index in [1.807, 2.05) is 0 Å². The van der Waals surface area contributed by atoms with Gasteiger partial charge in [-0.15, -0.1) is 0 Å². The van der Waals surface area contributed by atoms with Gasteiger partial charge in [-0.2, -0.15) is 0 Å². The second-order valence-electron chi connectivity index (χ2n) is 6.18. The molecule has 0 atom stereocenters. The summed E-state index contributed by atoms with van der Waals surface area (Å²) in [4.78, 5) is 3.35. The van der Waals surface area contributed by atoms with Crippen LogP contribution in [0.5, 0.6) is 0 Å². The van der Waals surface area contributed by atoms with Crippen LogP contribution in [0, 0.1) is 0 Å². The minimum absolute atomic E-state index is 0. The zero-order chi connectivity index (χ0) is 13.0. The zero-order valence-corrected chi connectivity index (χ0v) is 14.4. The van der Waals surface area contributed by atoms with E-state index in [2.05, 4.69) is 56.6 Å². The predicted octanol–water partition coefficient (Wildman–Crippen LogP) is 0.591. The smallest absolute Gasteiger partial charge is 0.0780 e. The molecule has 2 nitrogen and oxygen atoms in total. The fraction of sp³-hybridized carbons (Fsp3) is 0.500. The summed E-state index contributed by atoms with van der Waals surface area (Å²) in [6, 6.07) is 8.57. The maximum Gasteiger partial charge on any atom is 0.0780 e. The highest BCUT2D eigenvalue weighted by Crippen LogP contribution is 2.19. The van der Waals surface area contributed by atoms with Crippen LogP contribution in [0.15, 0.2) is 30.5 Å². The summed E-state index contributed by atoms with van der Waals surface area (Å²) >= 11 is 0. The van der Waals surface area contributed by atoms with E-state index in [9.17, 15) is 0 Å². The van der Waals surface area contributed by atoms with Crippen molar-refractivity contribution in [2.24, 2.45) is 0 Å². The van der Waals surface area contributed by atoms with Gasteiger partial charge in [0, 0.05) is 17.1 Å². The molecule has 2 aromatic rings. The maximum atomic E-state index is 3.35. The van der Waals surface area contributed by atoms with Crippen molar-refractivity contribution in [3.05, 3.63) is 36.0 Å². The standard InChI is InChI=1S/C16H25N2.HI/c1-18(2,3)12-8-4-5-9-14-13-17-16-11-7-6-10-15(14)16;/h6-7,10-11,13,17H,4-5,8-9,12H2,1-3H3;1H/q+1;/p-1. The number of quaternary nitrogens is 1. The van der Waals surface area contributed by atoms with E-state index in [1.165, 1.54) is 48.7 Å². The molecule has 0 aliphatic carbocycles. The van der Waals surface area contributed by atoms with Gasteiger partial charge in [-0.25, -0.2) is 0 Å². The van der Waals surface area contributed by atoms with Gasteiger partial charge in [0.05, 0.1) is 27.7 Å². The molecular formula is C16H25IN2. The number of halogens is 1. The number of benzene rings is 1. The number of aryl methyl sites for hydroxylation is 1. The van der Waals surface area contributed by atoms with Crippen molar-refractivity contribution < 1.29 is 28.5 Å². The van der Waals surface area contributed by atoms with Crippen LogP contribution in [-0.4, -0.2) is 37.2 Å². The summed E-state index contributed by atoms with van der Waals surface area (Å²) in [5.74, 6) is 0. The lowest BCUT2D eigenvalue weighted by Crippen LogP contribution is -3.00. The first-order valence-electron chi connectivity index (χ1n) is 6.92. The fourth-order valence-corrected chi connectivity index (χ4v) is 2.42. The number of unbranched alkanes of at least 4 members (excludes halogenated alkanes) is 2. The Bertz CT molecular complexity index is 497. The summed E-state index contributed by atoms with van der Waals surface area (Å²) < 4.78 is 1.08. The lowest BCUT2D eigenvalue weighted by atomic mass is 10.1. The Morgan fingerprint density at radius 1 is 1.00 bits per heavy atom. The molecule has 0 saturated heterocycles. The molecule has 0 saturated carbocycles. The number of nitrogens with zero attached hydrogens (tertiary/aromatic N) is 1. The number of para-hydroxylation sites is 1. The Morgan fingerprint density at radius 3 is 2.47 bits per heavy atom. The fourth-order valence-electron chi connectivity index (χ4n) is 2.42. The molecule has 0 spiro atoms. The van der Waals surface area contributed by atoms with Gasteiger partial charge in [0.2, 0.25) is 0 Å². The number of rotatable bonds is 6. The number of hydrogen-bond acceptors (Lipinski definition) is 0. The van der Waals surface area contributed by atoms with Crippen molar-refractivity contribution >= 4 is 10.9 Å². The van der Waals surface area contributed by atoms with E-state index in [0.29, 0.717) is 0 Å². The minimum Gasteiger partial charge on any atom is -1.00 e. The molecule has 19 heavy (non-hydrogen) atoms. The van der Waals surface area contributed by atoms with Gasteiger partial charge >= 0.3 is 0 Å². The van der Waals surface area contributed by atoms with Crippen LogP contribution in [0.25, 0.3) is 10.9 Å². The summed E-state index contributed by atoms with van der Waals surface area (Å²) in [5, 5.41) is 1.39. The monoisotopic (exact) mass is 372 g/mol.